The number of hydrogen-bond acceptors (Lipinski definition) is 7. The molecular formula is C13H20N4O3. The molecule has 2 N–H and O–H groups in total. The van der Waals surface area contributed by atoms with Crippen LogP contribution in [0.15, 0.2) is 12.4 Å². The number of esters is 1. The summed E-state index contributed by atoms with van der Waals surface area (Å²) in [6.07, 6.45) is 5.39. The molecule has 2 rings (SSSR count). The smallest absolute Gasteiger partial charge is 0.358 e. The van der Waals surface area contributed by atoms with E-state index in [4.69, 9.17) is 4.74 Å². The minimum absolute atomic E-state index is 0.191. The number of hydrogen-bond donors (Lipinski definition) is 2. The molecule has 0 radical (unpaired) electrons. The van der Waals surface area contributed by atoms with Gasteiger partial charge in [-0.25, -0.2) is 9.78 Å². The quantitative estimate of drug-likeness (QED) is 0.578. The third-order valence-corrected chi connectivity index (χ3v) is 3.08. The number of nitrogens with zero attached hydrogens (tertiary/aromatic N) is 2. The Morgan fingerprint density at radius 3 is 3.00 bits per heavy atom. The lowest BCUT2D eigenvalue weighted by molar-refractivity contribution is 0.0394. The highest BCUT2D eigenvalue weighted by atomic mass is 16.5. The van der Waals surface area contributed by atoms with E-state index in [0.717, 1.165) is 25.9 Å². The molecule has 0 saturated carbocycles. The Hall–Kier alpha value is -1.73. The van der Waals surface area contributed by atoms with Gasteiger partial charge in [-0.05, 0) is 25.9 Å². The van der Waals surface area contributed by atoms with Gasteiger partial charge in [0.1, 0.15) is 5.82 Å². The van der Waals surface area contributed by atoms with Gasteiger partial charge in [-0.3, -0.25) is 4.98 Å². The summed E-state index contributed by atoms with van der Waals surface area (Å²) >= 11 is 0. The number of anilines is 1. The van der Waals surface area contributed by atoms with Gasteiger partial charge >= 0.3 is 5.97 Å². The largest absolute Gasteiger partial charge is 0.464 e. The Morgan fingerprint density at radius 2 is 2.25 bits per heavy atom. The molecule has 0 unspecified atom stereocenters. The maximum absolute atomic E-state index is 11.3. The third kappa shape index (κ3) is 4.43. The van der Waals surface area contributed by atoms with Crippen molar-refractivity contribution in [1.82, 2.24) is 15.3 Å². The molecule has 0 amide bonds. The van der Waals surface area contributed by atoms with Crippen molar-refractivity contribution in [3.05, 3.63) is 18.1 Å². The van der Waals surface area contributed by atoms with Crippen LogP contribution >= 0.6 is 0 Å². The van der Waals surface area contributed by atoms with E-state index in [-0.39, 0.29) is 5.69 Å². The van der Waals surface area contributed by atoms with Crippen molar-refractivity contribution in [1.29, 1.82) is 0 Å². The van der Waals surface area contributed by atoms with Crippen molar-refractivity contribution < 1.29 is 14.3 Å². The molecule has 2 heterocycles. The van der Waals surface area contributed by atoms with Crippen molar-refractivity contribution >= 4 is 11.8 Å². The molecule has 1 fully saturated rings. The Morgan fingerprint density at radius 1 is 1.45 bits per heavy atom. The molecule has 20 heavy (non-hydrogen) atoms. The standard InChI is InChI=1S/C13H20N4O3/c1-19-13(18)11-8-15-9-12(17-11)16-6-7-20-10-2-4-14-5-3-10/h8-10,14H,2-7H2,1H3,(H,16,17). The third-order valence-electron chi connectivity index (χ3n) is 3.08. The van der Waals surface area contributed by atoms with Crippen LogP contribution < -0.4 is 10.6 Å². The fourth-order valence-electron chi connectivity index (χ4n) is 2.02. The lowest BCUT2D eigenvalue weighted by atomic mass is 10.1. The number of nitrogens with one attached hydrogen (secondary N) is 2. The van der Waals surface area contributed by atoms with E-state index in [9.17, 15) is 4.79 Å². The van der Waals surface area contributed by atoms with Crippen LogP contribution in [0.5, 0.6) is 0 Å². The topological polar surface area (TPSA) is 85.4 Å². The molecule has 1 aromatic rings. The van der Waals surface area contributed by atoms with Gasteiger partial charge in [0.05, 0.1) is 32.2 Å². The number of rotatable bonds is 6. The van der Waals surface area contributed by atoms with Crippen molar-refractivity contribution in [2.24, 2.45) is 0 Å². The summed E-state index contributed by atoms with van der Waals surface area (Å²) in [5.41, 5.74) is 0.191. The number of carbonyl (C=O) groups excluding carboxylic acids is 1. The zero-order valence-corrected chi connectivity index (χ0v) is 11.6. The number of piperidine rings is 1. The maximum atomic E-state index is 11.3. The maximum Gasteiger partial charge on any atom is 0.358 e. The number of carbonyl (C=O) groups is 1. The van der Waals surface area contributed by atoms with Crippen molar-refractivity contribution in [3.8, 4) is 0 Å². The second-order valence-electron chi connectivity index (χ2n) is 4.53. The minimum atomic E-state index is -0.493. The summed E-state index contributed by atoms with van der Waals surface area (Å²) in [7, 11) is 1.32. The van der Waals surface area contributed by atoms with Crippen LogP contribution in [0.1, 0.15) is 23.3 Å². The molecule has 0 aliphatic carbocycles. The predicted molar refractivity (Wildman–Crippen MR) is 73.7 cm³/mol. The highest BCUT2D eigenvalue weighted by molar-refractivity contribution is 5.87. The fourth-order valence-corrected chi connectivity index (χ4v) is 2.02. The normalized spacial score (nSPS) is 15.8. The zero-order chi connectivity index (χ0) is 14.2. The Labute approximate surface area is 118 Å². The molecule has 7 nitrogen and oxygen atoms in total. The van der Waals surface area contributed by atoms with Crippen LogP contribution in [-0.4, -0.2) is 55.4 Å². The van der Waals surface area contributed by atoms with Crippen LogP contribution in [0.25, 0.3) is 0 Å². The van der Waals surface area contributed by atoms with E-state index < -0.39 is 5.97 Å². The van der Waals surface area contributed by atoms with Crippen LogP contribution in [0.3, 0.4) is 0 Å². The number of aromatic nitrogens is 2. The highest BCUT2D eigenvalue weighted by Crippen LogP contribution is 2.07. The summed E-state index contributed by atoms with van der Waals surface area (Å²) in [4.78, 5) is 19.4. The van der Waals surface area contributed by atoms with E-state index in [1.54, 1.807) is 6.20 Å². The van der Waals surface area contributed by atoms with Gasteiger partial charge in [-0.15, -0.1) is 0 Å². The first-order valence-corrected chi connectivity index (χ1v) is 6.76. The van der Waals surface area contributed by atoms with Crippen LogP contribution in [0.4, 0.5) is 5.82 Å². The molecule has 1 aromatic heterocycles. The van der Waals surface area contributed by atoms with Crippen molar-refractivity contribution in [3.63, 3.8) is 0 Å². The molecule has 1 saturated heterocycles. The van der Waals surface area contributed by atoms with Gasteiger partial charge in [0.25, 0.3) is 0 Å². The second-order valence-corrected chi connectivity index (χ2v) is 4.53. The summed E-state index contributed by atoms with van der Waals surface area (Å²) in [6, 6.07) is 0. The molecule has 1 aliphatic heterocycles. The molecule has 0 spiro atoms. The van der Waals surface area contributed by atoms with E-state index >= 15 is 0 Å². The number of methoxy groups -OCH3 is 1. The lowest BCUT2D eigenvalue weighted by Gasteiger charge is -2.22. The zero-order valence-electron chi connectivity index (χ0n) is 11.6. The molecule has 0 aromatic carbocycles. The SMILES string of the molecule is COC(=O)c1cncc(NCCOC2CCNCC2)n1. The average Bonchev–Trinajstić information content (AvgIpc) is 2.52. The van der Waals surface area contributed by atoms with Gasteiger partial charge in [0, 0.05) is 6.54 Å². The first kappa shape index (κ1) is 14.7. The number of ether oxygens (including phenoxy) is 2. The Kier molecular flexibility index (Phi) is 5.69. The predicted octanol–water partition coefficient (Wildman–Crippen LogP) is 0.444. The van der Waals surface area contributed by atoms with E-state index in [2.05, 4.69) is 25.3 Å². The Bertz CT molecular complexity index is 435. The van der Waals surface area contributed by atoms with E-state index in [1.165, 1.54) is 13.3 Å². The van der Waals surface area contributed by atoms with Crippen molar-refractivity contribution in [2.45, 2.75) is 18.9 Å². The summed E-state index contributed by atoms with van der Waals surface area (Å²) < 4.78 is 10.4. The van der Waals surface area contributed by atoms with Gasteiger partial charge < -0.3 is 20.1 Å². The summed E-state index contributed by atoms with van der Waals surface area (Å²) in [5, 5.41) is 6.38. The van der Waals surface area contributed by atoms with Crippen LogP contribution in [0.2, 0.25) is 0 Å². The monoisotopic (exact) mass is 280 g/mol. The van der Waals surface area contributed by atoms with E-state index in [1.807, 2.05) is 0 Å². The fraction of sp³-hybridized carbons (Fsp3) is 0.615. The van der Waals surface area contributed by atoms with Crippen LogP contribution in [0, 0.1) is 0 Å². The first-order valence-electron chi connectivity index (χ1n) is 6.76. The molecule has 7 heteroatoms. The van der Waals surface area contributed by atoms with Crippen molar-refractivity contribution in [2.75, 3.05) is 38.7 Å². The van der Waals surface area contributed by atoms with Gasteiger partial charge in [0.2, 0.25) is 0 Å². The Balaban J connectivity index is 1.72. The first-order chi connectivity index (χ1) is 9.79. The molecule has 0 bridgehead atoms. The van der Waals surface area contributed by atoms with Gasteiger partial charge in [-0.1, -0.05) is 0 Å². The summed E-state index contributed by atoms with van der Waals surface area (Å²) in [6.45, 7) is 3.27. The highest BCUT2D eigenvalue weighted by Gasteiger charge is 2.12. The molecule has 1 aliphatic rings. The van der Waals surface area contributed by atoms with E-state index in [0.29, 0.717) is 25.1 Å². The van der Waals surface area contributed by atoms with Gasteiger partial charge in [0.15, 0.2) is 5.69 Å². The minimum Gasteiger partial charge on any atom is -0.464 e. The molecule has 110 valence electrons. The van der Waals surface area contributed by atoms with Crippen LogP contribution in [-0.2, 0) is 9.47 Å². The second kappa shape index (κ2) is 7.76. The van der Waals surface area contributed by atoms with Gasteiger partial charge in [-0.2, -0.15) is 0 Å². The summed E-state index contributed by atoms with van der Waals surface area (Å²) in [5.74, 6) is 0.0499. The molecular weight excluding hydrogens is 260 g/mol. The lowest BCUT2D eigenvalue weighted by Crippen LogP contribution is -2.33. The average molecular weight is 280 g/mol. The molecule has 0 atom stereocenters.